The fourth-order valence-electron chi connectivity index (χ4n) is 1.41. The summed E-state index contributed by atoms with van der Waals surface area (Å²) in [5.74, 6) is 0.530. The van der Waals surface area contributed by atoms with E-state index >= 15 is 0 Å². The molecular formula is C13H18N2O. The Morgan fingerprint density at radius 2 is 1.62 bits per heavy atom. The van der Waals surface area contributed by atoms with Gasteiger partial charge in [0.25, 0.3) is 5.91 Å². The predicted octanol–water partition coefficient (Wildman–Crippen LogP) is 2.42. The molecule has 1 amide bonds. The second kappa shape index (κ2) is 4.92. The minimum Gasteiger partial charge on any atom is -0.366 e. The molecule has 0 aliphatic rings. The number of amides is 1. The van der Waals surface area contributed by atoms with Gasteiger partial charge in [-0.25, -0.2) is 0 Å². The van der Waals surface area contributed by atoms with Crippen LogP contribution in [-0.2, 0) is 0 Å². The monoisotopic (exact) mass is 218 g/mol. The average Bonchev–Trinajstić information content (AvgIpc) is 2.15. The number of hydrogen-bond donors (Lipinski definition) is 0. The number of rotatable bonds is 1. The third-order valence-corrected chi connectivity index (χ3v) is 2.38. The number of aliphatic imine (C=N–C) groups is 1. The molecule has 0 bridgehead atoms. The number of amidine groups is 1. The number of aryl methyl sites for hydroxylation is 2. The van der Waals surface area contributed by atoms with E-state index in [4.69, 9.17) is 0 Å². The highest BCUT2D eigenvalue weighted by molar-refractivity contribution is 6.02. The van der Waals surface area contributed by atoms with Crippen LogP contribution < -0.4 is 0 Å². The van der Waals surface area contributed by atoms with Gasteiger partial charge in [0.15, 0.2) is 0 Å². The lowest BCUT2D eigenvalue weighted by Crippen LogP contribution is -2.19. The summed E-state index contributed by atoms with van der Waals surface area (Å²) in [6.07, 6.45) is 0. The van der Waals surface area contributed by atoms with Crippen LogP contribution in [0.2, 0.25) is 0 Å². The quantitative estimate of drug-likeness (QED) is 0.535. The molecule has 0 spiro atoms. The maximum Gasteiger partial charge on any atom is 0.278 e. The molecule has 0 heterocycles. The van der Waals surface area contributed by atoms with Crippen LogP contribution in [0.5, 0.6) is 0 Å². The van der Waals surface area contributed by atoms with Crippen molar-refractivity contribution >= 4 is 11.7 Å². The van der Waals surface area contributed by atoms with Gasteiger partial charge < -0.3 is 4.90 Å². The van der Waals surface area contributed by atoms with E-state index in [0.717, 1.165) is 11.1 Å². The molecule has 3 nitrogen and oxygen atoms in total. The van der Waals surface area contributed by atoms with Crippen LogP contribution >= 0.6 is 0 Å². The zero-order chi connectivity index (χ0) is 12.3. The first-order valence-corrected chi connectivity index (χ1v) is 5.25. The summed E-state index contributed by atoms with van der Waals surface area (Å²) in [7, 11) is 3.74. The Bertz CT molecular complexity index is 413. The molecule has 0 saturated heterocycles. The van der Waals surface area contributed by atoms with E-state index in [1.807, 2.05) is 58.0 Å². The normalized spacial score (nSPS) is 11.4. The molecule has 0 atom stereocenters. The molecule has 0 radical (unpaired) electrons. The van der Waals surface area contributed by atoms with Gasteiger partial charge in [0.05, 0.1) is 0 Å². The van der Waals surface area contributed by atoms with Gasteiger partial charge in [0.1, 0.15) is 5.84 Å². The molecule has 0 unspecified atom stereocenters. The summed E-state index contributed by atoms with van der Waals surface area (Å²) in [5, 5.41) is 0. The predicted molar refractivity (Wildman–Crippen MR) is 67.0 cm³/mol. The molecule has 0 aliphatic heterocycles. The summed E-state index contributed by atoms with van der Waals surface area (Å²) >= 11 is 0. The summed E-state index contributed by atoms with van der Waals surface area (Å²) in [5.41, 5.74) is 2.82. The van der Waals surface area contributed by atoms with E-state index in [2.05, 4.69) is 4.99 Å². The number of carbonyl (C=O) groups is 1. The highest BCUT2D eigenvalue weighted by Crippen LogP contribution is 2.10. The summed E-state index contributed by atoms with van der Waals surface area (Å²) < 4.78 is 0. The van der Waals surface area contributed by atoms with Crippen molar-refractivity contribution in [3.63, 3.8) is 0 Å². The number of nitrogens with zero attached hydrogens (tertiary/aromatic N) is 2. The minimum atomic E-state index is -0.182. The van der Waals surface area contributed by atoms with E-state index in [0.29, 0.717) is 11.4 Å². The van der Waals surface area contributed by atoms with Crippen molar-refractivity contribution in [1.29, 1.82) is 0 Å². The second-order valence-corrected chi connectivity index (χ2v) is 4.23. The first-order valence-electron chi connectivity index (χ1n) is 5.25. The topological polar surface area (TPSA) is 32.7 Å². The Labute approximate surface area is 96.8 Å². The van der Waals surface area contributed by atoms with Crippen molar-refractivity contribution < 1.29 is 4.79 Å². The van der Waals surface area contributed by atoms with E-state index in [9.17, 15) is 4.79 Å². The average molecular weight is 218 g/mol. The maximum atomic E-state index is 11.8. The lowest BCUT2D eigenvalue weighted by atomic mass is 10.1. The van der Waals surface area contributed by atoms with Gasteiger partial charge in [-0.05, 0) is 32.9 Å². The zero-order valence-corrected chi connectivity index (χ0v) is 10.5. The lowest BCUT2D eigenvalue weighted by Gasteiger charge is -2.10. The summed E-state index contributed by atoms with van der Waals surface area (Å²) in [6.45, 7) is 5.78. The van der Waals surface area contributed by atoms with Gasteiger partial charge in [0, 0.05) is 19.7 Å². The SMILES string of the molecule is CC(=NC(=O)c1cc(C)cc(C)c1)N(C)C. The van der Waals surface area contributed by atoms with Crippen LogP contribution in [-0.4, -0.2) is 30.7 Å². The molecule has 3 heteroatoms. The van der Waals surface area contributed by atoms with Crippen LogP contribution in [0.1, 0.15) is 28.4 Å². The Morgan fingerprint density at radius 3 is 2.06 bits per heavy atom. The van der Waals surface area contributed by atoms with Crippen LogP contribution in [0.3, 0.4) is 0 Å². The van der Waals surface area contributed by atoms with E-state index in [-0.39, 0.29) is 5.91 Å². The van der Waals surface area contributed by atoms with Crippen molar-refractivity contribution in [1.82, 2.24) is 4.90 Å². The lowest BCUT2D eigenvalue weighted by molar-refractivity contribution is 0.100. The Morgan fingerprint density at radius 1 is 1.12 bits per heavy atom. The highest BCUT2D eigenvalue weighted by Gasteiger charge is 2.06. The molecule has 0 aliphatic carbocycles. The molecule has 0 fully saturated rings. The van der Waals surface area contributed by atoms with Crippen molar-refractivity contribution in [3.8, 4) is 0 Å². The molecule has 16 heavy (non-hydrogen) atoms. The Kier molecular flexibility index (Phi) is 3.82. The van der Waals surface area contributed by atoms with Crippen molar-refractivity contribution in [2.24, 2.45) is 4.99 Å². The second-order valence-electron chi connectivity index (χ2n) is 4.23. The standard InChI is InChI=1S/C13H18N2O/c1-9-6-10(2)8-12(7-9)13(16)14-11(3)15(4)5/h6-8H,1-5H3. The van der Waals surface area contributed by atoms with E-state index in [1.54, 1.807) is 0 Å². The third-order valence-electron chi connectivity index (χ3n) is 2.38. The smallest absolute Gasteiger partial charge is 0.278 e. The van der Waals surface area contributed by atoms with Gasteiger partial charge in [-0.15, -0.1) is 0 Å². The molecule has 1 rings (SSSR count). The van der Waals surface area contributed by atoms with Crippen LogP contribution in [0, 0.1) is 13.8 Å². The fourth-order valence-corrected chi connectivity index (χ4v) is 1.41. The molecule has 0 saturated carbocycles. The van der Waals surface area contributed by atoms with E-state index in [1.165, 1.54) is 0 Å². The Hall–Kier alpha value is -1.64. The van der Waals surface area contributed by atoms with Crippen molar-refractivity contribution in [2.75, 3.05) is 14.1 Å². The van der Waals surface area contributed by atoms with Gasteiger partial charge in [-0.3, -0.25) is 4.79 Å². The maximum absolute atomic E-state index is 11.8. The molecular weight excluding hydrogens is 200 g/mol. The minimum absolute atomic E-state index is 0.182. The highest BCUT2D eigenvalue weighted by atomic mass is 16.1. The third kappa shape index (κ3) is 3.19. The van der Waals surface area contributed by atoms with Gasteiger partial charge in [-0.2, -0.15) is 4.99 Å². The summed E-state index contributed by atoms with van der Waals surface area (Å²) in [4.78, 5) is 17.7. The first-order chi connectivity index (χ1) is 7.40. The largest absolute Gasteiger partial charge is 0.366 e. The van der Waals surface area contributed by atoms with Gasteiger partial charge in [0.2, 0.25) is 0 Å². The molecule has 1 aromatic carbocycles. The number of hydrogen-bond acceptors (Lipinski definition) is 1. The van der Waals surface area contributed by atoms with Gasteiger partial charge in [-0.1, -0.05) is 17.2 Å². The fraction of sp³-hybridized carbons (Fsp3) is 0.385. The zero-order valence-electron chi connectivity index (χ0n) is 10.5. The van der Waals surface area contributed by atoms with Gasteiger partial charge >= 0.3 is 0 Å². The first kappa shape index (κ1) is 12.4. The van der Waals surface area contributed by atoms with Crippen LogP contribution in [0.25, 0.3) is 0 Å². The molecule has 86 valence electrons. The van der Waals surface area contributed by atoms with Crippen LogP contribution in [0.15, 0.2) is 23.2 Å². The van der Waals surface area contributed by atoms with Crippen molar-refractivity contribution in [3.05, 3.63) is 34.9 Å². The number of carbonyl (C=O) groups excluding carboxylic acids is 1. The number of benzene rings is 1. The molecule has 0 aromatic heterocycles. The summed E-state index contributed by atoms with van der Waals surface area (Å²) in [6, 6.07) is 5.77. The van der Waals surface area contributed by atoms with Crippen molar-refractivity contribution in [2.45, 2.75) is 20.8 Å². The molecule has 0 N–H and O–H groups in total. The molecule has 1 aromatic rings. The Balaban J connectivity index is 3.01. The van der Waals surface area contributed by atoms with E-state index < -0.39 is 0 Å². The van der Waals surface area contributed by atoms with Crippen LogP contribution in [0.4, 0.5) is 0 Å².